The lowest BCUT2D eigenvalue weighted by atomic mass is 10.3. The lowest BCUT2D eigenvalue weighted by molar-refractivity contribution is 0.0363. The van der Waals surface area contributed by atoms with Gasteiger partial charge in [-0.25, -0.2) is 0 Å². The Bertz CT molecular complexity index is 932. The predicted molar refractivity (Wildman–Crippen MR) is 112 cm³/mol. The monoisotopic (exact) mass is 402 g/mol. The van der Waals surface area contributed by atoms with Crippen LogP contribution in [0.4, 0.5) is 0 Å². The molecule has 4 rings (SSSR count). The van der Waals surface area contributed by atoms with Crippen LogP contribution in [0.25, 0.3) is 11.0 Å². The van der Waals surface area contributed by atoms with Gasteiger partial charge in [0.1, 0.15) is 12.4 Å². The molecule has 150 valence electrons. The zero-order chi connectivity index (χ0) is 18.5. The molecule has 2 heterocycles. The van der Waals surface area contributed by atoms with Crippen LogP contribution in [-0.2, 0) is 17.8 Å². The first kappa shape index (κ1) is 20.5. The van der Waals surface area contributed by atoms with Crippen LogP contribution in [0.3, 0.4) is 0 Å². The molecule has 1 fully saturated rings. The quantitative estimate of drug-likeness (QED) is 0.661. The van der Waals surface area contributed by atoms with Crippen LogP contribution in [0, 0.1) is 5.41 Å². The first-order valence-electron chi connectivity index (χ1n) is 9.53. The number of hydrogen-bond donors (Lipinski definition) is 1. The van der Waals surface area contributed by atoms with E-state index in [-0.39, 0.29) is 12.4 Å². The van der Waals surface area contributed by atoms with E-state index in [1.807, 2.05) is 47.0 Å². The Morgan fingerprint density at radius 1 is 0.821 bits per heavy atom. The van der Waals surface area contributed by atoms with E-state index < -0.39 is 0 Å². The summed E-state index contributed by atoms with van der Waals surface area (Å²) < 4.78 is 15.4. The Balaban J connectivity index is 0.00000225. The smallest absolute Gasteiger partial charge is 0.203 e. The van der Waals surface area contributed by atoms with Gasteiger partial charge in [-0.1, -0.05) is 30.3 Å². The summed E-state index contributed by atoms with van der Waals surface area (Å²) in [5.74, 6) is 0.862. The molecule has 1 aliphatic heterocycles. The molecule has 0 spiro atoms. The molecule has 3 aromatic rings. The lowest BCUT2D eigenvalue weighted by Crippen LogP contribution is -2.39. The predicted octanol–water partition coefficient (Wildman–Crippen LogP) is 2.76. The van der Waals surface area contributed by atoms with Crippen molar-refractivity contribution < 1.29 is 9.47 Å². The van der Waals surface area contributed by atoms with E-state index in [0.717, 1.165) is 56.2 Å². The summed E-state index contributed by atoms with van der Waals surface area (Å²) in [6.07, 6.45) is 0. The highest BCUT2D eigenvalue weighted by Gasteiger charge is 2.14. The third kappa shape index (κ3) is 4.58. The highest BCUT2D eigenvalue weighted by Crippen LogP contribution is 2.14. The molecule has 0 unspecified atom stereocenters. The van der Waals surface area contributed by atoms with Gasteiger partial charge in [0.2, 0.25) is 5.62 Å². The summed E-state index contributed by atoms with van der Waals surface area (Å²) in [5, 5.41) is 8.70. The van der Waals surface area contributed by atoms with Crippen molar-refractivity contribution >= 4 is 23.4 Å². The van der Waals surface area contributed by atoms with Crippen molar-refractivity contribution in [1.29, 1.82) is 5.41 Å². The van der Waals surface area contributed by atoms with Gasteiger partial charge < -0.3 is 18.6 Å². The molecule has 0 aliphatic carbocycles. The fourth-order valence-corrected chi connectivity index (χ4v) is 3.58. The van der Waals surface area contributed by atoms with Crippen molar-refractivity contribution in [1.82, 2.24) is 14.0 Å². The molecule has 7 heteroatoms. The Morgan fingerprint density at radius 2 is 1.43 bits per heavy atom. The number of halogens is 1. The van der Waals surface area contributed by atoms with Gasteiger partial charge in [0.15, 0.2) is 0 Å². The Hall–Kier alpha value is -2.28. The normalized spacial score (nSPS) is 14.7. The van der Waals surface area contributed by atoms with Gasteiger partial charge in [0, 0.05) is 26.2 Å². The van der Waals surface area contributed by atoms with Crippen LogP contribution >= 0.6 is 12.4 Å². The van der Waals surface area contributed by atoms with Gasteiger partial charge in [-0.05, 0) is 24.3 Å². The number of ether oxygens (including phenoxy) is 2. The van der Waals surface area contributed by atoms with Crippen molar-refractivity contribution in [3.05, 3.63) is 60.2 Å². The number of rotatable bonds is 7. The summed E-state index contributed by atoms with van der Waals surface area (Å²) in [5.41, 5.74) is 2.72. The third-order valence-corrected chi connectivity index (χ3v) is 5.05. The maximum atomic E-state index is 8.70. The topological polar surface area (TPSA) is 55.4 Å². The third-order valence-electron chi connectivity index (χ3n) is 5.05. The SMILES string of the molecule is Cl.N=c1n(CCOc2ccccc2)c2ccccc2n1CCN1CCOCC1. The van der Waals surface area contributed by atoms with Crippen LogP contribution in [0.5, 0.6) is 5.75 Å². The molecule has 1 N–H and O–H groups in total. The van der Waals surface area contributed by atoms with Crippen LogP contribution < -0.4 is 10.4 Å². The molecule has 0 amide bonds. The number of imidazole rings is 1. The van der Waals surface area contributed by atoms with Gasteiger partial charge in [-0.2, -0.15) is 0 Å². The molecule has 0 atom stereocenters. The Morgan fingerprint density at radius 3 is 2.11 bits per heavy atom. The summed E-state index contributed by atoms with van der Waals surface area (Å²) in [6, 6.07) is 18.1. The van der Waals surface area contributed by atoms with E-state index in [2.05, 4.69) is 21.6 Å². The van der Waals surface area contributed by atoms with E-state index >= 15 is 0 Å². The number of morpholine rings is 1. The molecular weight excluding hydrogens is 376 g/mol. The van der Waals surface area contributed by atoms with Gasteiger partial charge in [0.05, 0.1) is 30.8 Å². The first-order valence-corrected chi connectivity index (χ1v) is 9.53. The second-order valence-corrected chi connectivity index (χ2v) is 6.73. The number of aromatic nitrogens is 2. The van der Waals surface area contributed by atoms with Crippen LogP contribution in [0.1, 0.15) is 0 Å². The summed E-state index contributed by atoms with van der Waals surface area (Å²) >= 11 is 0. The first-order chi connectivity index (χ1) is 13.3. The fraction of sp³-hybridized carbons (Fsp3) is 0.381. The Labute approximate surface area is 171 Å². The highest BCUT2D eigenvalue weighted by molar-refractivity contribution is 5.85. The van der Waals surface area contributed by atoms with E-state index in [1.165, 1.54) is 0 Å². The minimum atomic E-state index is 0. The molecule has 1 saturated heterocycles. The van der Waals surface area contributed by atoms with Crippen molar-refractivity contribution in [2.75, 3.05) is 39.5 Å². The number of benzene rings is 2. The molecule has 0 radical (unpaired) electrons. The van der Waals surface area contributed by atoms with Gasteiger partial charge in [0.25, 0.3) is 0 Å². The summed E-state index contributed by atoms with van der Waals surface area (Å²) in [6.45, 7) is 6.49. The van der Waals surface area contributed by atoms with E-state index in [9.17, 15) is 0 Å². The molecule has 0 saturated carbocycles. The molecule has 28 heavy (non-hydrogen) atoms. The van der Waals surface area contributed by atoms with Crippen molar-refractivity contribution in [3.63, 3.8) is 0 Å². The van der Waals surface area contributed by atoms with Crippen LogP contribution in [-0.4, -0.2) is 53.5 Å². The van der Waals surface area contributed by atoms with Crippen LogP contribution in [0.2, 0.25) is 0 Å². The van der Waals surface area contributed by atoms with E-state index in [4.69, 9.17) is 14.9 Å². The zero-order valence-corrected chi connectivity index (χ0v) is 16.7. The molecule has 6 nitrogen and oxygen atoms in total. The van der Waals surface area contributed by atoms with Crippen molar-refractivity contribution in [3.8, 4) is 5.75 Å². The average molecular weight is 403 g/mol. The number of nitrogens with one attached hydrogen (secondary N) is 1. The number of fused-ring (bicyclic) bond motifs is 1. The average Bonchev–Trinajstić information content (AvgIpc) is 2.99. The van der Waals surface area contributed by atoms with E-state index in [0.29, 0.717) is 18.8 Å². The lowest BCUT2D eigenvalue weighted by Gasteiger charge is -2.26. The maximum Gasteiger partial charge on any atom is 0.203 e. The summed E-state index contributed by atoms with van der Waals surface area (Å²) in [7, 11) is 0. The minimum Gasteiger partial charge on any atom is -0.492 e. The van der Waals surface area contributed by atoms with E-state index in [1.54, 1.807) is 0 Å². The molecule has 0 bridgehead atoms. The molecule has 1 aromatic heterocycles. The van der Waals surface area contributed by atoms with Gasteiger partial charge in [-0.15, -0.1) is 12.4 Å². The van der Waals surface area contributed by atoms with Gasteiger partial charge in [-0.3, -0.25) is 10.3 Å². The number of hydrogen-bond acceptors (Lipinski definition) is 4. The molecule has 2 aromatic carbocycles. The summed E-state index contributed by atoms with van der Waals surface area (Å²) in [4.78, 5) is 2.40. The minimum absolute atomic E-state index is 0. The fourth-order valence-electron chi connectivity index (χ4n) is 3.58. The molecular formula is C21H27ClN4O2. The van der Waals surface area contributed by atoms with Crippen LogP contribution in [0.15, 0.2) is 54.6 Å². The Kier molecular flexibility index (Phi) is 7.14. The van der Waals surface area contributed by atoms with Crippen molar-refractivity contribution in [2.45, 2.75) is 13.1 Å². The second-order valence-electron chi connectivity index (χ2n) is 6.73. The highest BCUT2D eigenvalue weighted by atomic mass is 35.5. The number of nitrogens with zero attached hydrogens (tertiary/aromatic N) is 3. The second kappa shape index (κ2) is 9.78. The van der Waals surface area contributed by atoms with Crippen molar-refractivity contribution in [2.24, 2.45) is 0 Å². The number of para-hydroxylation sites is 3. The van der Waals surface area contributed by atoms with Gasteiger partial charge >= 0.3 is 0 Å². The molecule has 1 aliphatic rings. The zero-order valence-electron chi connectivity index (χ0n) is 15.9. The largest absolute Gasteiger partial charge is 0.492 e. The standard InChI is InChI=1S/C21H26N4O2.ClH/c22-21-24(11-10-23-12-15-26-16-13-23)19-8-4-5-9-20(19)25(21)14-17-27-18-6-2-1-3-7-18;/h1-9,22H,10-17H2;1H. The maximum absolute atomic E-state index is 8.70.